The molecule has 0 aliphatic rings. The van der Waals surface area contributed by atoms with Crippen LogP contribution in [0.1, 0.15) is 50.5 Å². The van der Waals surface area contributed by atoms with Crippen LogP contribution in [0, 0.1) is 5.92 Å². The molecular formula is C23H28BrN3O4. The first-order valence-electron chi connectivity index (χ1n) is 9.90. The highest BCUT2D eigenvalue weighted by Gasteiger charge is 2.16. The molecule has 3 amide bonds. The Morgan fingerprint density at radius 2 is 1.65 bits per heavy atom. The minimum Gasteiger partial charge on any atom is -0.483 e. The Morgan fingerprint density at radius 1 is 1.00 bits per heavy atom. The molecule has 0 saturated heterocycles. The number of rotatable bonds is 6. The fourth-order valence-corrected chi connectivity index (χ4v) is 2.95. The molecule has 0 fully saturated rings. The normalized spacial score (nSPS) is 11.1. The van der Waals surface area contributed by atoms with Crippen molar-refractivity contribution in [3.63, 3.8) is 0 Å². The lowest BCUT2D eigenvalue weighted by atomic mass is 9.87. The summed E-state index contributed by atoms with van der Waals surface area (Å²) in [5.74, 6) is -0.693. The Balaban J connectivity index is 1.83. The highest BCUT2D eigenvalue weighted by Crippen LogP contribution is 2.31. The second-order valence-corrected chi connectivity index (χ2v) is 9.26. The summed E-state index contributed by atoms with van der Waals surface area (Å²) in [5, 5.41) is 2.75. The first-order chi connectivity index (χ1) is 14.5. The Morgan fingerprint density at radius 3 is 2.19 bits per heavy atom. The number of hydrazine groups is 1. The number of carbonyl (C=O) groups excluding carboxylic acids is 3. The molecule has 0 aromatic heterocycles. The number of benzene rings is 2. The molecular weight excluding hydrogens is 462 g/mol. The summed E-state index contributed by atoms with van der Waals surface area (Å²) in [6, 6.07) is 12.1. The van der Waals surface area contributed by atoms with Gasteiger partial charge in [0.2, 0.25) is 5.91 Å². The second-order valence-electron chi connectivity index (χ2n) is 8.41. The van der Waals surface area contributed by atoms with Gasteiger partial charge in [0.25, 0.3) is 11.8 Å². The highest BCUT2D eigenvalue weighted by molar-refractivity contribution is 9.10. The summed E-state index contributed by atoms with van der Waals surface area (Å²) < 4.78 is 6.28. The van der Waals surface area contributed by atoms with E-state index in [1.807, 2.05) is 12.1 Å². The van der Waals surface area contributed by atoms with Gasteiger partial charge >= 0.3 is 0 Å². The van der Waals surface area contributed by atoms with Gasteiger partial charge in [0.15, 0.2) is 6.61 Å². The minimum atomic E-state index is -0.499. The average molecular weight is 490 g/mol. The third kappa shape index (κ3) is 7.40. The smallest absolute Gasteiger partial charge is 0.276 e. The van der Waals surface area contributed by atoms with Crippen LogP contribution in [0.2, 0.25) is 0 Å². The summed E-state index contributed by atoms with van der Waals surface area (Å²) >= 11 is 3.46. The van der Waals surface area contributed by atoms with Gasteiger partial charge in [0.05, 0.1) is 4.47 Å². The van der Waals surface area contributed by atoms with E-state index >= 15 is 0 Å². The van der Waals surface area contributed by atoms with Crippen LogP contribution in [-0.4, -0.2) is 24.3 Å². The predicted molar refractivity (Wildman–Crippen MR) is 124 cm³/mol. The van der Waals surface area contributed by atoms with Crippen LogP contribution < -0.4 is 20.9 Å². The molecule has 2 aromatic carbocycles. The highest BCUT2D eigenvalue weighted by atomic mass is 79.9. The number of hydrogen-bond donors (Lipinski definition) is 3. The molecule has 166 valence electrons. The molecule has 31 heavy (non-hydrogen) atoms. The van der Waals surface area contributed by atoms with Gasteiger partial charge in [0.1, 0.15) is 5.75 Å². The maximum atomic E-state index is 12.2. The van der Waals surface area contributed by atoms with E-state index in [4.69, 9.17) is 4.74 Å². The van der Waals surface area contributed by atoms with Crippen LogP contribution in [0.15, 0.2) is 46.9 Å². The van der Waals surface area contributed by atoms with E-state index in [0.29, 0.717) is 17.0 Å². The van der Waals surface area contributed by atoms with E-state index < -0.39 is 11.8 Å². The van der Waals surface area contributed by atoms with E-state index in [1.54, 1.807) is 44.2 Å². The van der Waals surface area contributed by atoms with Crippen LogP contribution in [0.3, 0.4) is 0 Å². The van der Waals surface area contributed by atoms with Crippen molar-refractivity contribution in [1.82, 2.24) is 10.9 Å². The van der Waals surface area contributed by atoms with Crippen molar-refractivity contribution in [2.45, 2.75) is 40.0 Å². The number of amides is 3. The molecule has 0 unspecified atom stereocenters. The van der Waals surface area contributed by atoms with Gasteiger partial charge in [-0.25, -0.2) is 0 Å². The Labute approximate surface area is 191 Å². The van der Waals surface area contributed by atoms with E-state index in [-0.39, 0.29) is 23.8 Å². The van der Waals surface area contributed by atoms with E-state index in [2.05, 4.69) is 52.9 Å². The molecule has 2 aromatic rings. The number of hydrogen-bond acceptors (Lipinski definition) is 4. The number of halogens is 1. The van der Waals surface area contributed by atoms with Crippen molar-refractivity contribution in [2.24, 2.45) is 5.92 Å². The molecule has 0 saturated carbocycles. The van der Waals surface area contributed by atoms with Gasteiger partial charge in [-0.1, -0.05) is 40.7 Å². The molecule has 8 heteroatoms. The van der Waals surface area contributed by atoms with Crippen molar-refractivity contribution in [3.05, 3.63) is 58.1 Å². The third-order valence-electron chi connectivity index (χ3n) is 4.41. The van der Waals surface area contributed by atoms with Gasteiger partial charge in [-0.15, -0.1) is 0 Å². The number of carbonyl (C=O) groups is 3. The molecule has 0 spiro atoms. The van der Waals surface area contributed by atoms with Gasteiger partial charge in [-0.05, 0) is 63.3 Å². The second kappa shape index (κ2) is 10.4. The lowest BCUT2D eigenvalue weighted by Gasteiger charge is -2.20. The summed E-state index contributed by atoms with van der Waals surface area (Å²) in [6.45, 7) is 9.67. The number of anilines is 1. The molecule has 7 nitrogen and oxygen atoms in total. The van der Waals surface area contributed by atoms with Crippen molar-refractivity contribution in [1.29, 1.82) is 0 Å². The van der Waals surface area contributed by atoms with Crippen molar-refractivity contribution >= 4 is 39.3 Å². The van der Waals surface area contributed by atoms with E-state index in [0.717, 1.165) is 10.0 Å². The van der Waals surface area contributed by atoms with Crippen LogP contribution in [0.25, 0.3) is 0 Å². The van der Waals surface area contributed by atoms with E-state index in [1.165, 1.54) is 0 Å². The zero-order chi connectivity index (χ0) is 23.2. The maximum Gasteiger partial charge on any atom is 0.276 e. The fraction of sp³-hybridized carbons (Fsp3) is 0.348. The van der Waals surface area contributed by atoms with Crippen molar-refractivity contribution in [3.8, 4) is 5.75 Å². The monoisotopic (exact) mass is 489 g/mol. The molecule has 0 atom stereocenters. The molecule has 3 N–H and O–H groups in total. The predicted octanol–water partition coefficient (Wildman–Crippen LogP) is 4.18. The SMILES string of the molecule is CC(C)C(=O)Nc1ccc(C(=O)NNC(=O)COc2ccc(C(C)(C)C)cc2Br)cc1. The van der Waals surface area contributed by atoms with Gasteiger partial charge in [-0.3, -0.25) is 25.2 Å². The molecule has 0 heterocycles. The van der Waals surface area contributed by atoms with Gasteiger partial charge in [-0.2, -0.15) is 0 Å². The topological polar surface area (TPSA) is 96.5 Å². The fourth-order valence-electron chi connectivity index (χ4n) is 2.45. The third-order valence-corrected chi connectivity index (χ3v) is 5.03. The minimum absolute atomic E-state index is 0.000919. The molecule has 2 rings (SSSR count). The zero-order valence-corrected chi connectivity index (χ0v) is 19.9. The summed E-state index contributed by atoms with van der Waals surface area (Å²) in [6.07, 6.45) is 0. The summed E-state index contributed by atoms with van der Waals surface area (Å²) in [4.78, 5) is 35.9. The Bertz CT molecular complexity index is 950. The van der Waals surface area contributed by atoms with Crippen LogP contribution in [0.4, 0.5) is 5.69 Å². The van der Waals surface area contributed by atoms with Crippen molar-refractivity contribution in [2.75, 3.05) is 11.9 Å². The lowest BCUT2D eigenvalue weighted by molar-refractivity contribution is -0.124. The molecule has 0 aliphatic carbocycles. The first-order valence-corrected chi connectivity index (χ1v) is 10.7. The number of nitrogens with one attached hydrogen (secondary N) is 3. The molecule has 0 bridgehead atoms. The Kier molecular flexibility index (Phi) is 8.21. The largest absolute Gasteiger partial charge is 0.483 e. The zero-order valence-electron chi connectivity index (χ0n) is 18.3. The van der Waals surface area contributed by atoms with Crippen LogP contribution in [-0.2, 0) is 15.0 Å². The van der Waals surface area contributed by atoms with E-state index in [9.17, 15) is 14.4 Å². The molecule has 0 radical (unpaired) electrons. The first kappa shape index (κ1) is 24.4. The lowest BCUT2D eigenvalue weighted by Crippen LogP contribution is -2.43. The Hall–Kier alpha value is -2.87. The summed E-state index contributed by atoms with van der Waals surface area (Å²) in [7, 11) is 0. The average Bonchev–Trinajstić information content (AvgIpc) is 2.70. The standard InChI is InChI=1S/C23H28BrN3O4/c1-14(2)21(29)25-17-9-6-15(7-10-17)22(30)27-26-20(28)13-31-19-11-8-16(12-18(19)24)23(3,4)5/h6-12,14H,13H2,1-5H3,(H,25,29)(H,26,28)(H,27,30). The summed E-state index contributed by atoms with van der Waals surface area (Å²) in [5.41, 5.74) is 6.73. The number of ether oxygens (including phenoxy) is 1. The van der Waals surface area contributed by atoms with Crippen LogP contribution >= 0.6 is 15.9 Å². The van der Waals surface area contributed by atoms with Crippen LogP contribution in [0.5, 0.6) is 5.75 Å². The quantitative estimate of drug-likeness (QED) is 0.530. The maximum absolute atomic E-state index is 12.2. The molecule has 0 aliphatic heterocycles. The van der Waals surface area contributed by atoms with Gasteiger partial charge < -0.3 is 10.1 Å². The van der Waals surface area contributed by atoms with Crippen molar-refractivity contribution < 1.29 is 19.1 Å². The van der Waals surface area contributed by atoms with Gasteiger partial charge in [0, 0.05) is 17.2 Å².